The van der Waals surface area contributed by atoms with Crippen molar-refractivity contribution in [1.29, 1.82) is 0 Å². The van der Waals surface area contributed by atoms with E-state index in [0.717, 1.165) is 18.7 Å². The number of rotatable bonds is 6. The molecule has 0 fully saturated rings. The van der Waals surface area contributed by atoms with E-state index < -0.39 is 0 Å². The lowest BCUT2D eigenvalue weighted by Crippen LogP contribution is -2.23. The summed E-state index contributed by atoms with van der Waals surface area (Å²) in [5.41, 5.74) is 3.54. The van der Waals surface area contributed by atoms with E-state index in [9.17, 15) is 0 Å². The Balaban J connectivity index is 1.72. The van der Waals surface area contributed by atoms with Crippen LogP contribution in [0.1, 0.15) is 31.9 Å². The number of likely N-dealkylation sites (N-methyl/N-ethyl adjacent to an activating group) is 1. The topological polar surface area (TPSA) is 66.8 Å². The van der Waals surface area contributed by atoms with Gasteiger partial charge in [0, 0.05) is 31.7 Å². The molecule has 1 N–H and O–H groups in total. The van der Waals surface area contributed by atoms with Crippen LogP contribution in [0.2, 0.25) is 0 Å². The number of pyridine rings is 1. The predicted octanol–water partition coefficient (Wildman–Crippen LogP) is 3.99. The summed E-state index contributed by atoms with van der Waals surface area (Å²) >= 11 is 0. The Morgan fingerprint density at radius 1 is 1.04 bits per heavy atom. The van der Waals surface area contributed by atoms with E-state index >= 15 is 0 Å². The van der Waals surface area contributed by atoms with Gasteiger partial charge in [0.1, 0.15) is 0 Å². The fraction of sp³-hybridized carbons (Fsp3) is 0.333. The average Bonchev–Trinajstić information content (AvgIpc) is 2.67. The highest BCUT2D eigenvalue weighted by Gasteiger charge is 2.18. The highest BCUT2D eigenvalue weighted by molar-refractivity contribution is 5.62. The maximum Gasteiger partial charge on any atom is 0.247 e. The lowest BCUT2D eigenvalue weighted by atomic mass is 9.86. The summed E-state index contributed by atoms with van der Waals surface area (Å²) in [6, 6.07) is 12.3. The number of hydrogen-bond donors (Lipinski definition) is 1. The van der Waals surface area contributed by atoms with Gasteiger partial charge in [0.05, 0.1) is 6.20 Å². The molecule has 0 saturated carbocycles. The second-order valence-corrected chi connectivity index (χ2v) is 7.59. The summed E-state index contributed by atoms with van der Waals surface area (Å²) in [4.78, 5) is 10.7. The van der Waals surface area contributed by atoms with Crippen molar-refractivity contribution in [2.75, 3.05) is 23.8 Å². The smallest absolute Gasteiger partial charge is 0.247 e. The van der Waals surface area contributed by atoms with Crippen LogP contribution in [0.25, 0.3) is 0 Å². The van der Waals surface area contributed by atoms with Crippen molar-refractivity contribution in [2.45, 2.75) is 32.6 Å². The minimum Gasteiger partial charge on any atom is -0.342 e. The van der Waals surface area contributed by atoms with E-state index in [-0.39, 0.29) is 5.41 Å². The van der Waals surface area contributed by atoms with Gasteiger partial charge >= 0.3 is 0 Å². The number of para-hydroxylation sites is 1. The van der Waals surface area contributed by atoms with Gasteiger partial charge in [0.2, 0.25) is 5.95 Å². The van der Waals surface area contributed by atoms with Gasteiger partial charge in [0.15, 0.2) is 5.82 Å². The molecule has 0 unspecified atom stereocenters. The standard InChI is InChI=1S/C21H26N6/c1-21(2,3)17-7-5-6-8-18(17)24-19-15-23-26-20(25-19)27(4)14-11-16-9-12-22-13-10-16/h5-10,12-13,15H,11,14H2,1-4H3,(H,24,25,26). The minimum absolute atomic E-state index is 0.0359. The molecule has 2 heterocycles. The molecule has 0 spiro atoms. The largest absolute Gasteiger partial charge is 0.342 e. The summed E-state index contributed by atoms with van der Waals surface area (Å²) < 4.78 is 0. The van der Waals surface area contributed by atoms with E-state index in [2.05, 4.69) is 64.5 Å². The summed E-state index contributed by atoms with van der Waals surface area (Å²) in [6.45, 7) is 7.39. The maximum atomic E-state index is 4.63. The van der Waals surface area contributed by atoms with Gasteiger partial charge < -0.3 is 10.2 Å². The summed E-state index contributed by atoms with van der Waals surface area (Å²) in [5.74, 6) is 1.29. The predicted molar refractivity (Wildman–Crippen MR) is 109 cm³/mol. The molecule has 0 aliphatic heterocycles. The molecular formula is C21H26N6. The first kappa shape index (κ1) is 18.8. The first-order valence-corrected chi connectivity index (χ1v) is 9.10. The molecule has 3 aromatic rings. The van der Waals surface area contributed by atoms with E-state index in [0.29, 0.717) is 11.8 Å². The third kappa shape index (κ3) is 5.00. The number of aromatic nitrogens is 4. The number of hydrogen-bond acceptors (Lipinski definition) is 6. The Hall–Kier alpha value is -3.02. The number of anilines is 3. The molecule has 3 rings (SSSR count). The van der Waals surface area contributed by atoms with Crippen LogP contribution in [-0.2, 0) is 11.8 Å². The van der Waals surface area contributed by atoms with Gasteiger partial charge in [-0.15, -0.1) is 5.10 Å². The second-order valence-electron chi connectivity index (χ2n) is 7.59. The molecular weight excluding hydrogens is 336 g/mol. The molecule has 0 atom stereocenters. The third-order valence-corrected chi connectivity index (χ3v) is 4.37. The van der Waals surface area contributed by atoms with Gasteiger partial charge in [-0.2, -0.15) is 10.1 Å². The van der Waals surface area contributed by atoms with Crippen molar-refractivity contribution in [3.8, 4) is 0 Å². The van der Waals surface area contributed by atoms with E-state index in [1.807, 2.05) is 42.5 Å². The maximum absolute atomic E-state index is 4.63. The fourth-order valence-corrected chi connectivity index (χ4v) is 2.85. The molecule has 2 aromatic heterocycles. The molecule has 0 aliphatic rings. The van der Waals surface area contributed by atoms with Gasteiger partial charge in [-0.3, -0.25) is 4.98 Å². The Bertz CT molecular complexity index is 873. The minimum atomic E-state index is 0.0359. The van der Waals surface area contributed by atoms with Crippen molar-refractivity contribution < 1.29 is 0 Å². The van der Waals surface area contributed by atoms with Crippen LogP contribution < -0.4 is 10.2 Å². The molecule has 27 heavy (non-hydrogen) atoms. The molecule has 140 valence electrons. The molecule has 0 aliphatic carbocycles. The Labute approximate surface area is 160 Å². The Morgan fingerprint density at radius 2 is 1.78 bits per heavy atom. The number of nitrogens with one attached hydrogen (secondary N) is 1. The molecule has 0 radical (unpaired) electrons. The Kier molecular flexibility index (Phi) is 5.64. The number of benzene rings is 1. The van der Waals surface area contributed by atoms with Gasteiger partial charge in [-0.25, -0.2) is 0 Å². The number of nitrogens with zero attached hydrogens (tertiary/aromatic N) is 5. The lowest BCUT2D eigenvalue weighted by Gasteiger charge is -2.23. The third-order valence-electron chi connectivity index (χ3n) is 4.37. The monoisotopic (exact) mass is 362 g/mol. The van der Waals surface area contributed by atoms with Crippen LogP contribution in [0.4, 0.5) is 17.5 Å². The molecule has 1 aromatic carbocycles. The summed E-state index contributed by atoms with van der Waals surface area (Å²) in [6.07, 6.45) is 6.17. The van der Waals surface area contributed by atoms with Crippen molar-refractivity contribution in [3.05, 3.63) is 66.1 Å². The van der Waals surface area contributed by atoms with Crippen LogP contribution in [0.3, 0.4) is 0 Å². The SMILES string of the molecule is CN(CCc1ccncc1)c1nncc(Nc2ccccc2C(C)(C)C)n1. The Morgan fingerprint density at radius 3 is 2.52 bits per heavy atom. The van der Waals surface area contributed by atoms with Crippen molar-refractivity contribution in [3.63, 3.8) is 0 Å². The zero-order chi connectivity index (χ0) is 19.3. The van der Waals surface area contributed by atoms with Gasteiger partial charge in [0.25, 0.3) is 0 Å². The van der Waals surface area contributed by atoms with Crippen molar-refractivity contribution in [1.82, 2.24) is 20.2 Å². The summed E-state index contributed by atoms with van der Waals surface area (Å²) in [5, 5.41) is 11.7. The highest BCUT2D eigenvalue weighted by Crippen LogP contribution is 2.30. The highest BCUT2D eigenvalue weighted by atomic mass is 15.3. The molecule has 0 amide bonds. The van der Waals surface area contributed by atoms with Gasteiger partial charge in [-0.05, 0) is 41.2 Å². The van der Waals surface area contributed by atoms with Crippen LogP contribution in [-0.4, -0.2) is 33.8 Å². The van der Waals surface area contributed by atoms with Gasteiger partial charge in [-0.1, -0.05) is 39.0 Å². The van der Waals surface area contributed by atoms with Crippen molar-refractivity contribution in [2.24, 2.45) is 0 Å². The van der Waals surface area contributed by atoms with Crippen LogP contribution in [0.15, 0.2) is 55.0 Å². The summed E-state index contributed by atoms with van der Waals surface area (Å²) in [7, 11) is 1.98. The quantitative estimate of drug-likeness (QED) is 0.715. The first-order chi connectivity index (χ1) is 12.9. The van der Waals surface area contributed by atoms with Crippen LogP contribution in [0, 0.1) is 0 Å². The first-order valence-electron chi connectivity index (χ1n) is 9.10. The zero-order valence-electron chi connectivity index (χ0n) is 16.3. The van der Waals surface area contributed by atoms with Crippen LogP contribution >= 0.6 is 0 Å². The molecule has 0 bridgehead atoms. The lowest BCUT2D eigenvalue weighted by molar-refractivity contribution is 0.592. The van der Waals surface area contributed by atoms with E-state index in [4.69, 9.17) is 0 Å². The zero-order valence-corrected chi connectivity index (χ0v) is 16.3. The average molecular weight is 362 g/mol. The molecule has 6 nitrogen and oxygen atoms in total. The van der Waals surface area contributed by atoms with Crippen molar-refractivity contribution >= 4 is 17.5 Å². The normalized spacial score (nSPS) is 11.3. The van der Waals surface area contributed by atoms with E-state index in [1.165, 1.54) is 11.1 Å². The molecule has 0 saturated heterocycles. The molecule has 6 heteroatoms. The fourth-order valence-electron chi connectivity index (χ4n) is 2.85. The van der Waals surface area contributed by atoms with E-state index in [1.54, 1.807) is 6.20 Å². The van der Waals surface area contributed by atoms with Crippen LogP contribution in [0.5, 0.6) is 0 Å². The second kappa shape index (κ2) is 8.12.